The number of nitrogen functional groups attached to an aromatic ring is 1. The van der Waals surface area contributed by atoms with E-state index in [0.717, 1.165) is 29.8 Å². The molecule has 0 aliphatic heterocycles. The molecule has 1 fully saturated rings. The standard InChI is InChI=1S/C14H22N2O/c1-11-9-12(15)5-6-13(11)16-14(10-17)7-3-2-4-8-14/h5-6,9,16-17H,2-4,7-8,10,15H2,1H3. The fourth-order valence-electron chi connectivity index (χ4n) is 2.66. The van der Waals surface area contributed by atoms with Gasteiger partial charge in [0.05, 0.1) is 12.1 Å². The smallest absolute Gasteiger partial charge is 0.0661 e. The van der Waals surface area contributed by atoms with E-state index in [4.69, 9.17) is 5.73 Å². The third kappa shape index (κ3) is 2.72. The molecule has 94 valence electrons. The molecule has 3 heteroatoms. The Kier molecular flexibility index (Phi) is 3.57. The lowest BCUT2D eigenvalue weighted by atomic mass is 9.82. The Hall–Kier alpha value is -1.22. The van der Waals surface area contributed by atoms with Crippen LogP contribution in [0, 0.1) is 6.92 Å². The Labute approximate surface area is 103 Å². The zero-order valence-electron chi connectivity index (χ0n) is 10.5. The number of hydrogen-bond donors (Lipinski definition) is 3. The van der Waals surface area contributed by atoms with Crippen molar-refractivity contribution in [3.8, 4) is 0 Å². The Morgan fingerprint density at radius 1 is 1.29 bits per heavy atom. The summed E-state index contributed by atoms with van der Waals surface area (Å²) in [5, 5.41) is 13.2. The van der Waals surface area contributed by atoms with Crippen LogP contribution in [0.5, 0.6) is 0 Å². The average Bonchev–Trinajstić information content (AvgIpc) is 2.34. The van der Waals surface area contributed by atoms with Gasteiger partial charge in [0.1, 0.15) is 0 Å². The molecule has 0 saturated heterocycles. The summed E-state index contributed by atoms with van der Waals surface area (Å²) in [6.45, 7) is 2.25. The highest BCUT2D eigenvalue weighted by Gasteiger charge is 2.31. The van der Waals surface area contributed by atoms with Gasteiger partial charge in [0.25, 0.3) is 0 Å². The summed E-state index contributed by atoms with van der Waals surface area (Å²) in [6.07, 6.45) is 5.77. The Morgan fingerprint density at radius 2 is 2.00 bits per heavy atom. The summed E-state index contributed by atoms with van der Waals surface area (Å²) in [6, 6.07) is 5.89. The number of nitrogens with one attached hydrogen (secondary N) is 1. The molecule has 0 aromatic heterocycles. The van der Waals surface area contributed by atoms with E-state index in [9.17, 15) is 5.11 Å². The summed E-state index contributed by atoms with van der Waals surface area (Å²) in [7, 11) is 0. The van der Waals surface area contributed by atoms with Crippen molar-refractivity contribution < 1.29 is 5.11 Å². The monoisotopic (exact) mass is 234 g/mol. The van der Waals surface area contributed by atoms with Gasteiger partial charge in [0.15, 0.2) is 0 Å². The van der Waals surface area contributed by atoms with Crippen molar-refractivity contribution in [3.05, 3.63) is 23.8 Å². The van der Waals surface area contributed by atoms with E-state index in [2.05, 4.69) is 5.32 Å². The molecule has 1 saturated carbocycles. The SMILES string of the molecule is Cc1cc(N)ccc1NC1(CO)CCCCC1. The van der Waals surface area contributed by atoms with Gasteiger partial charge in [-0.05, 0) is 43.5 Å². The molecule has 0 unspecified atom stereocenters. The van der Waals surface area contributed by atoms with Crippen molar-refractivity contribution >= 4 is 11.4 Å². The topological polar surface area (TPSA) is 58.3 Å². The second kappa shape index (κ2) is 4.96. The molecule has 0 bridgehead atoms. The number of aliphatic hydroxyl groups is 1. The van der Waals surface area contributed by atoms with Gasteiger partial charge < -0.3 is 16.2 Å². The first-order valence-corrected chi connectivity index (χ1v) is 6.40. The van der Waals surface area contributed by atoms with E-state index >= 15 is 0 Å². The first kappa shape index (κ1) is 12.2. The minimum Gasteiger partial charge on any atom is -0.399 e. The summed E-state index contributed by atoms with van der Waals surface area (Å²) in [5.41, 5.74) is 8.64. The first-order chi connectivity index (χ1) is 8.15. The zero-order chi connectivity index (χ0) is 12.3. The number of benzene rings is 1. The Morgan fingerprint density at radius 3 is 2.59 bits per heavy atom. The fourth-order valence-corrected chi connectivity index (χ4v) is 2.66. The molecule has 2 rings (SSSR count). The molecular weight excluding hydrogens is 212 g/mol. The van der Waals surface area contributed by atoms with Crippen LogP contribution in [0.1, 0.15) is 37.7 Å². The van der Waals surface area contributed by atoms with Gasteiger partial charge in [0.2, 0.25) is 0 Å². The van der Waals surface area contributed by atoms with Gasteiger partial charge in [-0.15, -0.1) is 0 Å². The van der Waals surface area contributed by atoms with Crippen LogP contribution in [-0.2, 0) is 0 Å². The molecule has 3 nitrogen and oxygen atoms in total. The van der Waals surface area contributed by atoms with Gasteiger partial charge in [0, 0.05) is 11.4 Å². The maximum atomic E-state index is 9.66. The second-order valence-corrected chi connectivity index (χ2v) is 5.20. The third-order valence-corrected chi connectivity index (χ3v) is 3.76. The lowest BCUT2D eigenvalue weighted by Crippen LogP contribution is -2.44. The minimum atomic E-state index is -0.126. The normalized spacial score (nSPS) is 18.9. The van der Waals surface area contributed by atoms with Crippen LogP contribution in [0.2, 0.25) is 0 Å². The minimum absolute atomic E-state index is 0.126. The van der Waals surface area contributed by atoms with Crippen molar-refractivity contribution in [2.24, 2.45) is 0 Å². The Bertz CT molecular complexity index is 384. The molecule has 0 radical (unpaired) electrons. The van der Waals surface area contributed by atoms with E-state index < -0.39 is 0 Å². The van der Waals surface area contributed by atoms with Crippen LogP contribution in [0.3, 0.4) is 0 Å². The van der Waals surface area contributed by atoms with Crippen molar-refractivity contribution in [3.63, 3.8) is 0 Å². The molecule has 1 aliphatic carbocycles. The van der Waals surface area contributed by atoms with Crippen LogP contribution < -0.4 is 11.1 Å². The predicted molar refractivity (Wildman–Crippen MR) is 72.1 cm³/mol. The highest BCUT2D eigenvalue weighted by atomic mass is 16.3. The van der Waals surface area contributed by atoms with Gasteiger partial charge in [-0.1, -0.05) is 19.3 Å². The van der Waals surface area contributed by atoms with Gasteiger partial charge in [-0.2, -0.15) is 0 Å². The molecule has 0 amide bonds. The molecule has 0 spiro atoms. The highest BCUT2D eigenvalue weighted by molar-refractivity contribution is 5.58. The van der Waals surface area contributed by atoms with E-state index in [-0.39, 0.29) is 12.1 Å². The lowest BCUT2D eigenvalue weighted by Gasteiger charge is -2.38. The third-order valence-electron chi connectivity index (χ3n) is 3.76. The van der Waals surface area contributed by atoms with Crippen molar-refractivity contribution in [1.82, 2.24) is 0 Å². The first-order valence-electron chi connectivity index (χ1n) is 6.40. The Balaban J connectivity index is 2.17. The maximum absolute atomic E-state index is 9.66. The molecule has 1 aromatic rings. The van der Waals surface area contributed by atoms with Gasteiger partial charge >= 0.3 is 0 Å². The van der Waals surface area contributed by atoms with Gasteiger partial charge in [-0.3, -0.25) is 0 Å². The second-order valence-electron chi connectivity index (χ2n) is 5.20. The summed E-state index contributed by atoms with van der Waals surface area (Å²) in [4.78, 5) is 0. The number of aryl methyl sites for hydroxylation is 1. The quantitative estimate of drug-likeness (QED) is 0.705. The number of rotatable bonds is 3. The highest BCUT2D eigenvalue weighted by Crippen LogP contribution is 2.32. The van der Waals surface area contributed by atoms with E-state index in [0.29, 0.717) is 0 Å². The molecule has 4 N–H and O–H groups in total. The number of nitrogens with two attached hydrogens (primary N) is 1. The van der Waals surface area contributed by atoms with Crippen LogP contribution >= 0.6 is 0 Å². The zero-order valence-corrected chi connectivity index (χ0v) is 10.5. The lowest BCUT2D eigenvalue weighted by molar-refractivity contribution is 0.173. The van der Waals surface area contributed by atoms with Gasteiger partial charge in [-0.25, -0.2) is 0 Å². The van der Waals surface area contributed by atoms with Crippen molar-refractivity contribution in [2.45, 2.75) is 44.6 Å². The van der Waals surface area contributed by atoms with Crippen LogP contribution in [0.25, 0.3) is 0 Å². The van der Waals surface area contributed by atoms with Crippen LogP contribution in [0.4, 0.5) is 11.4 Å². The summed E-state index contributed by atoms with van der Waals surface area (Å²) >= 11 is 0. The van der Waals surface area contributed by atoms with Crippen LogP contribution in [0.15, 0.2) is 18.2 Å². The molecule has 1 aliphatic rings. The molecular formula is C14H22N2O. The number of hydrogen-bond acceptors (Lipinski definition) is 3. The largest absolute Gasteiger partial charge is 0.399 e. The van der Waals surface area contributed by atoms with Crippen LogP contribution in [-0.4, -0.2) is 17.3 Å². The van der Waals surface area contributed by atoms with E-state index in [1.165, 1.54) is 19.3 Å². The number of aliphatic hydroxyl groups excluding tert-OH is 1. The molecule has 0 heterocycles. The fraction of sp³-hybridized carbons (Fsp3) is 0.571. The van der Waals surface area contributed by atoms with Crippen molar-refractivity contribution in [1.29, 1.82) is 0 Å². The van der Waals surface area contributed by atoms with E-state index in [1.54, 1.807) is 0 Å². The predicted octanol–water partition coefficient (Wildman–Crippen LogP) is 2.68. The average molecular weight is 234 g/mol. The van der Waals surface area contributed by atoms with Crippen molar-refractivity contribution in [2.75, 3.05) is 17.7 Å². The molecule has 1 aromatic carbocycles. The summed E-state index contributed by atoms with van der Waals surface area (Å²) in [5.74, 6) is 0. The maximum Gasteiger partial charge on any atom is 0.0661 e. The number of anilines is 2. The summed E-state index contributed by atoms with van der Waals surface area (Å²) < 4.78 is 0. The van der Waals surface area contributed by atoms with E-state index in [1.807, 2.05) is 25.1 Å². The molecule has 17 heavy (non-hydrogen) atoms. The molecule has 0 atom stereocenters.